The second-order valence-electron chi connectivity index (χ2n) is 8.10. The van der Waals surface area contributed by atoms with Crippen molar-refractivity contribution < 1.29 is 19.1 Å². The molecule has 8 nitrogen and oxygen atoms in total. The fourth-order valence-corrected chi connectivity index (χ4v) is 3.95. The summed E-state index contributed by atoms with van der Waals surface area (Å²) in [6.45, 7) is 3.08. The summed E-state index contributed by atoms with van der Waals surface area (Å²) in [5.41, 5.74) is 13.2. The predicted molar refractivity (Wildman–Crippen MR) is 121 cm³/mol. The van der Waals surface area contributed by atoms with Crippen LogP contribution in [0.25, 0.3) is 0 Å². The van der Waals surface area contributed by atoms with Gasteiger partial charge >= 0.3 is 0 Å². The Morgan fingerprint density at radius 3 is 1.44 bits per heavy atom. The number of rotatable bonds is 12. The van der Waals surface area contributed by atoms with Gasteiger partial charge in [-0.3, -0.25) is 19.4 Å². The van der Waals surface area contributed by atoms with Crippen LogP contribution in [0, 0.1) is 0 Å². The average Bonchev–Trinajstić information content (AvgIpc) is 2.77. The number of benzene rings is 2. The topological polar surface area (TPSA) is 111 Å². The second kappa shape index (κ2) is 12.3. The lowest BCUT2D eigenvalue weighted by Gasteiger charge is -2.45. The Hall–Kier alpha value is -2.78. The molecular formula is C24H32N4O4. The normalized spacial score (nSPS) is 19.6. The maximum atomic E-state index is 11.7. The van der Waals surface area contributed by atoms with Crippen LogP contribution in [0.1, 0.15) is 11.1 Å². The third-order valence-electron chi connectivity index (χ3n) is 5.48. The van der Waals surface area contributed by atoms with Crippen molar-refractivity contribution in [2.75, 3.05) is 39.4 Å². The van der Waals surface area contributed by atoms with Gasteiger partial charge in [0.05, 0.1) is 39.5 Å². The molecule has 32 heavy (non-hydrogen) atoms. The molecule has 1 fully saturated rings. The van der Waals surface area contributed by atoms with E-state index in [9.17, 15) is 9.59 Å². The Labute approximate surface area is 189 Å². The Morgan fingerprint density at radius 2 is 1.09 bits per heavy atom. The first kappa shape index (κ1) is 23.9. The van der Waals surface area contributed by atoms with Crippen LogP contribution < -0.4 is 11.5 Å². The third kappa shape index (κ3) is 7.72. The van der Waals surface area contributed by atoms with Crippen molar-refractivity contribution in [2.45, 2.75) is 25.3 Å². The van der Waals surface area contributed by atoms with Gasteiger partial charge in [-0.15, -0.1) is 0 Å². The lowest BCUT2D eigenvalue weighted by atomic mass is 10.1. The monoisotopic (exact) mass is 440 g/mol. The van der Waals surface area contributed by atoms with E-state index in [4.69, 9.17) is 20.9 Å². The predicted octanol–water partition coefficient (Wildman–Crippen LogP) is 0.745. The van der Waals surface area contributed by atoms with E-state index in [-0.39, 0.29) is 25.2 Å². The molecule has 1 saturated heterocycles. The summed E-state index contributed by atoms with van der Waals surface area (Å²) in [6.07, 6.45) is 0. The molecule has 172 valence electrons. The van der Waals surface area contributed by atoms with Gasteiger partial charge < -0.3 is 20.9 Å². The number of hydrogen-bond donors (Lipinski definition) is 2. The molecule has 0 aromatic heterocycles. The summed E-state index contributed by atoms with van der Waals surface area (Å²) in [4.78, 5) is 27.4. The summed E-state index contributed by atoms with van der Waals surface area (Å²) in [5, 5.41) is 0. The first-order valence-corrected chi connectivity index (χ1v) is 10.8. The Kier molecular flexibility index (Phi) is 9.18. The third-order valence-corrected chi connectivity index (χ3v) is 5.48. The van der Waals surface area contributed by atoms with Crippen LogP contribution in [0.5, 0.6) is 0 Å². The number of carbonyl (C=O) groups is 2. The summed E-state index contributed by atoms with van der Waals surface area (Å²) in [7, 11) is 0. The highest BCUT2D eigenvalue weighted by atomic mass is 16.5. The van der Waals surface area contributed by atoms with Gasteiger partial charge in [-0.05, 0) is 11.1 Å². The van der Waals surface area contributed by atoms with E-state index in [0.717, 1.165) is 11.1 Å². The van der Waals surface area contributed by atoms with Crippen LogP contribution in [-0.2, 0) is 32.3 Å². The van der Waals surface area contributed by atoms with Crippen LogP contribution in [0.2, 0.25) is 0 Å². The molecule has 1 aliphatic heterocycles. The van der Waals surface area contributed by atoms with E-state index >= 15 is 0 Å². The molecule has 8 heteroatoms. The minimum Gasteiger partial charge on any atom is -0.375 e. The molecular weight excluding hydrogens is 408 g/mol. The Bertz CT molecular complexity index is 778. The van der Waals surface area contributed by atoms with Crippen LogP contribution in [-0.4, -0.2) is 73.1 Å². The maximum Gasteiger partial charge on any atom is 0.231 e. The molecule has 4 N–H and O–H groups in total. The van der Waals surface area contributed by atoms with Gasteiger partial charge in [0.1, 0.15) is 0 Å². The van der Waals surface area contributed by atoms with Crippen molar-refractivity contribution in [3.63, 3.8) is 0 Å². The quantitative estimate of drug-likeness (QED) is 0.504. The zero-order chi connectivity index (χ0) is 22.8. The van der Waals surface area contributed by atoms with Gasteiger partial charge in [-0.1, -0.05) is 60.7 Å². The molecule has 0 unspecified atom stereocenters. The van der Waals surface area contributed by atoms with E-state index < -0.39 is 11.8 Å². The molecule has 2 aromatic rings. The van der Waals surface area contributed by atoms with Crippen LogP contribution in [0.3, 0.4) is 0 Å². The number of hydrogen-bond acceptors (Lipinski definition) is 6. The van der Waals surface area contributed by atoms with Crippen LogP contribution in [0.15, 0.2) is 60.7 Å². The van der Waals surface area contributed by atoms with E-state index in [0.29, 0.717) is 39.5 Å². The average molecular weight is 441 g/mol. The summed E-state index contributed by atoms with van der Waals surface area (Å²) < 4.78 is 11.9. The number of primary amides is 2. The summed E-state index contributed by atoms with van der Waals surface area (Å²) in [6, 6.07) is 19.6. The van der Waals surface area contributed by atoms with Crippen molar-refractivity contribution in [1.29, 1.82) is 0 Å². The van der Waals surface area contributed by atoms with Gasteiger partial charge in [0, 0.05) is 25.2 Å². The molecule has 2 atom stereocenters. The van der Waals surface area contributed by atoms with Crippen LogP contribution >= 0.6 is 0 Å². The SMILES string of the molecule is NC(=O)CN1C[C@H](COCc2ccccc2)N(CC(N)=O)C[C@H]1COCc1ccccc1. The highest BCUT2D eigenvalue weighted by Gasteiger charge is 2.35. The Balaban J connectivity index is 1.61. The van der Waals surface area contributed by atoms with Crippen molar-refractivity contribution in [2.24, 2.45) is 11.5 Å². The molecule has 1 aliphatic rings. The molecule has 0 saturated carbocycles. The largest absolute Gasteiger partial charge is 0.375 e. The van der Waals surface area contributed by atoms with Crippen molar-refractivity contribution in [3.05, 3.63) is 71.8 Å². The second-order valence-corrected chi connectivity index (χ2v) is 8.10. The lowest BCUT2D eigenvalue weighted by Crippen LogP contribution is -2.63. The van der Waals surface area contributed by atoms with Gasteiger partial charge in [0.25, 0.3) is 0 Å². The highest BCUT2D eigenvalue weighted by molar-refractivity contribution is 5.76. The standard InChI is InChI=1S/C24H32N4O4/c25-23(29)13-27-12-22(18-32-16-20-9-5-2-6-10-20)28(14-24(26)30)11-21(27)17-31-15-19-7-3-1-4-8-19/h1-10,21-22H,11-18H2,(H2,25,29)(H2,26,30)/t21-,22+. The van der Waals surface area contributed by atoms with Crippen molar-refractivity contribution in [3.8, 4) is 0 Å². The number of nitrogens with zero attached hydrogens (tertiary/aromatic N) is 2. The number of nitrogens with two attached hydrogens (primary N) is 2. The van der Waals surface area contributed by atoms with E-state index in [1.807, 2.05) is 70.5 Å². The first-order chi connectivity index (χ1) is 15.5. The minimum absolute atomic E-state index is 0.0871. The lowest BCUT2D eigenvalue weighted by molar-refractivity contribution is -0.126. The summed E-state index contributed by atoms with van der Waals surface area (Å²) in [5.74, 6) is -0.796. The summed E-state index contributed by atoms with van der Waals surface area (Å²) >= 11 is 0. The van der Waals surface area contributed by atoms with Gasteiger partial charge in [-0.2, -0.15) is 0 Å². The molecule has 3 rings (SSSR count). The first-order valence-electron chi connectivity index (χ1n) is 10.8. The number of ether oxygens (including phenoxy) is 2. The molecule has 2 amide bonds. The van der Waals surface area contributed by atoms with E-state index in [2.05, 4.69) is 0 Å². The van der Waals surface area contributed by atoms with Crippen molar-refractivity contribution >= 4 is 11.8 Å². The Morgan fingerprint density at radius 1 is 0.719 bits per heavy atom. The fourth-order valence-electron chi connectivity index (χ4n) is 3.95. The molecule has 1 heterocycles. The minimum atomic E-state index is -0.398. The maximum absolute atomic E-state index is 11.7. The van der Waals surface area contributed by atoms with E-state index in [1.165, 1.54) is 0 Å². The van der Waals surface area contributed by atoms with Gasteiger partial charge in [0.15, 0.2) is 0 Å². The molecule has 0 bridgehead atoms. The molecule has 0 radical (unpaired) electrons. The number of piperazine rings is 1. The zero-order valence-corrected chi connectivity index (χ0v) is 18.3. The van der Waals surface area contributed by atoms with E-state index in [1.54, 1.807) is 0 Å². The number of amides is 2. The smallest absolute Gasteiger partial charge is 0.231 e. The zero-order valence-electron chi connectivity index (χ0n) is 18.3. The van der Waals surface area contributed by atoms with Gasteiger partial charge in [0.2, 0.25) is 11.8 Å². The van der Waals surface area contributed by atoms with Crippen molar-refractivity contribution in [1.82, 2.24) is 9.80 Å². The molecule has 0 spiro atoms. The fraction of sp³-hybridized carbons (Fsp3) is 0.417. The highest BCUT2D eigenvalue weighted by Crippen LogP contribution is 2.17. The molecule has 0 aliphatic carbocycles. The van der Waals surface area contributed by atoms with Crippen LogP contribution in [0.4, 0.5) is 0 Å². The number of carbonyl (C=O) groups excluding carboxylic acids is 2. The van der Waals surface area contributed by atoms with Gasteiger partial charge in [-0.25, -0.2) is 0 Å². The molecule has 2 aromatic carbocycles.